The van der Waals surface area contributed by atoms with Crippen LogP contribution in [0.25, 0.3) is 0 Å². The van der Waals surface area contributed by atoms with Crippen molar-refractivity contribution in [3.8, 4) is 11.8 Å². The maximum absolute atomic E-state index is 12.1. The molecule has 1 aromatic carbocycles. The van der Waals surface area contributed by atoms with Gasteiger partial charge in [-0.15, -0.1) is 0 Å². The lowest BCUT2D eigenvalue weighted by Crippen LogP contribution is -2.08. The minimum absolute atomic E-state index is 0.0639. The number of rotatable bonds is 5. The lowest BCUT2D eigenvalue weighted by molar-refractivity contribution is -0.0498. The maximum atomic E-state index is 12.1. The van der Waals surface area contributed by atoms with Gasteiger partial charge in [0.1, 0.15) is 17.6 Å². The van der Waals surface area contributed by atoms with E-state index >= 15 is 0 Å². The Hall–Kier alpha value is -2.68. The quantitative estimate of drug-likeness (QED) is 0.911. The molecule has 108 valence electrons. The standard InChI is InChI=1S/C15H13F2N3O/c1-10(20-14-7-2-11(8-18)9-19-14)12-3-5-13(6-4-12)21-15(16)17/h2-7,9-10,15H,1H3,(H,19,20)/t10-/m0/s1. The molecule has 0 saturated heterocycles. The Morgan fingerprint density at radius 1 is 1.19 bits per heavy atom. The Kier molecular flexibility index (Phi) is 4.67. The number of nitrogens with zero attached hydrogens (tertiary/aromatic N) is 2. The molecule has 0 fully saturated rings. The number of ether oxygens (including phenoxy) is 1. The molecule has 0 aliphatic rings. The van der Waals surface area contributed by atoms with E-state index in [1.54, 1.807) is 24.3 Å². The molecule has 0 saturated carbocycles. The molecule has 21 heavy (non-hydrogen) atoms. The van der Waals surface area contributed by atoms with E-state index in [1.165, 1.54) is 18.3 Å². The van der Waals surface area contributed by atoms with E-state index in [1.807, 2.05) is 13.0 Å². The first-order valence-corrected chi connectivity index (χ1v) is 6.26. The number of benzene rings is 1. The molecule has 0 aliphatic heterocycles. The number of hydrogen-bond acceptors (Lipinski definition) is 4. The summed E-state index contributed by atoms with van der Waals surface area (Å²) < 4.78 is 28.4. The van der Waals surface area contributed by atoms with Crippen molar-refractivity contribution in [2.45, 2.75) is 19.6 Å². The van der Waals surface area contributed by atoms with Gasteiger partial charge in [0.2, 0.25) is 0 Å². The van der Waals surface area contributed by atoms with E-state index in [9.17, 15) is 8.78 Å². The zero-order chi connectivity index (χ0) is 15.2. The van der Waals surface area contributed by atoms with Crippen LogP contribution in [0.2, 0.25) is 0 Å². The van der Waals surface area contributed by atoms with E-state index in [2.05, 4.69) is 15.0 Å². The van der Waals surface area contributed by atoms with Crippen molar-refractivity contribution >= 4 is 5.82 Å². The third-order valence-corrected chi connectivity index (χ3v) is 2.86. The Morgan fingerprint density at radius 2 is 1.90 bits per heavy atom. The van der Waals surface area contributed by atoms with Crippen molar-refractivity contribution in [3.63, 3.8) is 0 Å². The molecular weight excluding hydrogens is 276 g/mol. The molecule has 1 N–H and O–H groups in total. The lowest BCUT2D eigenvalue weighted by atomic mass is 10.1. The normalized spacial score (nSPS) is 11.8. The van der Waals surface area contributed by atoms with Gasteiger partial charge in [0, 0.05) is 12.2 Å². The maximum Gasteiger partial charge on any atom is 0.387 e. The van der Waals surface area contributed by atoms with Crippen LogP contribution in [-0.2, 0) is 0 Å². The van der Waals surface area contributed by atoms with E-state index < -0.39 is 6.61 Å². The lowest BCUT2D eigenvalue weighted by Gasteiger charge is -2.15. The van der Waals surface area contributed by atoms with Crippen molar-refractivity contribution < 1.29 is 13.5 Å². The third-order valence-electron chi connectivity index (χ3n) is 2.86. The summed E-state index contributed by atoms with van der Waals surface area (Å²) in [5, 5.41) is 11.9. The summed E-state index contributed by atoms with van der Waals surface area (Å²) in [7, 11) is 0. The van der Waals surface area contributed by atoms with Gasteiger partial charge in [-0.2, -0.15) is 14.0 Å². The average Bonchev–Trinajstić information content (AvgIpc) is 2.48. The molecule has 0 bridgehead atoms. The number of alkyl halides is 2. The summed E-state index contributed by atoms with van der Waals surface area (Å²) in [6.07, 6.45) is 1.48. The summed E-state index contributed by atoms with van der Waals surface area (Å²) in [5.41, 5.74) is 1.39. The van der Waals surface area contributed by atoms with Gasteiger partial charge in [0.05, 0.1) is 5.56 Å². The summed E-state index contributed by atoms with van der Waals surface area (Å²) in [5.74, 6) is 0.756. The number of halogens is 2. The third kappa shape index (κ3) is 4.14. The number of hydrogen-bond donors (Lipinski definition) is 1. The first-order valence-electron chi connectivity index (χ1n) is 6.26. The summed E-state index contributed by atoms with van der Waals surface area (Å²) in [6, 6.07) is 11.7. The molecule has 0 amide bonds. The minimum Gasteiger partial charge on any atom is -0.435 e. The zero-order valence-electron chi connectivity index (χ0n) is 11.3. The molecule has 2 rings (SSSR count). The predicted molar refractivity (Wildman–Crippen MR) is 74.1 cm³/mol. The number of anilines is 1. The van der Waals surface area contributed by atoms with Crippen LogP contribution in [0.15, 0.2) is 42.6 Å². The van der Waals surface area contributed by atoms with Crippen LogP contribution in [-0.4, -0.2) is 11.6 Å². The summed E-state index contributed by atoms with van der Waals surface area (Å²) in [6.45, 7) is -0.905. The minimum atomic E-state index is -2.82. The number of nitrogens with one attached hydrogen (secondary N) is 1. The molecule has 1 heterocycles. The smallest absolute Gasteiger partial charge is 0.387 e. The SMILES string of the molecule is C[C@H](Nc1ccc(C#N)cn1)c1ccc(OC(F)F)cc1. The summed E-state index contributed by atoms with van der Waals surface area (Å²) in [4.78, 5) is 4.11. The van der Waals surface area contributed by atoms with Gasteiger partial charge in [0.15, 0.2) is 0 Å². The van der Waals surface area contributed by atoms with Crippen molar-refractivity contribution in [3.05, 3.63) is 53.7 Å². The fraction of sp³-hybridized carbons (Fsp3) is 0.200. The molecule has 1 aromatic heterocycles. The van der Waals surface area contributed by atoms with Crippen LogP contribution < -0.4 is 10.1 Å². The molecule has 0 spiro atoms. The average molecular weight is 289 g/mol. The molecule has 1 atom stereocenters. The van der Waals surface area contributed by atoms with Crippen LogP contribution in [0.5, 0.6) is 5.75 Å². The van der Waals surface area contributed by atoms with Gasteiger partial charge in [-0.3, -0.25) is 0 Å². The van der Waals surface area contributed by atoms with Gasteiger partial charge in [-0.05, 0) is 36.8 Å². The van der Waals surface area contributed by atoms with Crippen LogP contribution in [0.1, 0.15) is 24.1 Å². The second-order valence-corrected chi connectivity index (χ2v) is 4.36. The van der Waals surface area contributed by atoms with Gasteiger partial charge >= 0.3 is 6.61 Å². The molecule has 6 heteroatoms. The molecule has 2 aromatic rings. The number of nitriles is 1. The Labute approximate surface area is 121 Å². The Morgan fingerprint density at radius 3 is 2.43 bits per heavy atom. The van der Waals surface area contributed by atoms with Crippen molar-refractivity contribution in [2.75, 3.05) is 5.32 Å². The second kappa shape index (κ2) is 6.66. The predicted octanol–water partition coefficient (Wildman–Crippen LogP) is 3.73. The van der Waals surface area contributed by atoms with Crippen LogP contribution in [0.3, 0.4) is 0 Å². The van der Waals surface area contributed by atoms with Gasteiger partial charge in [-0.1, -0.05) is 12.1 Å². The molecule has 4 nitrogen and oxygen atoms in total. The van der Waals surface area contributed by atoms with Crippen LogP contribution >= 0.6 is 0 Å². The highest BCUT2D eigenvalue weighted by Crippen LogP contribution is 2.21. The van der Waals surface area contributed by atoms with Crippen molar-refractivity contribution in [2.24, 2.45) is 0 Å². The van der Waals surface area contributed by atoms with E-state index in [0.717, 1.165) is 5.56 Å². The van der Waals surface area contributed by atoms with Crippen LogP contribution in [0.4, 0.5) is 14.6 Å². The summed E-state index contributed by atoms with van der Waals surface area (Å²) >= 11 is 0. The highest BCUT2D eigenvalue weighted by atomic mass is 19.3. The van der Waals surface area contributed by atoms with E-state index in [-0.39, 0.29) is 11.8 Å². The molecule has 0 aliphatic carbocycles. The fourth-order valence-electron chi connectivity index (χ4n) is 1.79. The van der Waals surface area contributed by atoms with Crippen molar-refractivity contribution in [1.29, 1.82) is 5.26 Å². The molecule has 0 unspecified atom stereocenters. The Bertz CT molecular complexity index is 621. The topological polar surface area (TPSA) is 57.9 Å². The zero-order valence-corrected chi connectivity index (χ0v) is 11.3. The number of aromatic nitrogens is 1. The van der Waals surface area contributed by atoms with Gasteiger partial charge < -0.3 is 10.1 Å². The molecular formula is C15H13F2N3O. The van der Waals surface area contributed by atoms with E-state index in [0.29, 0.717) is 11.4 Å². The van der Waals surface area contributed by atoms with E-state index in [4.69, 9.17) is 5.26 Å². The Balaban J connectivity index is 2.02. The first kappa shape index (κ1) is 14.7. The highest BCUT2D eigenvalue weighted by Gasteiger charge is 2.08. The molecule has 0 radical (unpaired) electrons. The van der Waals surface area contributed by atoms with Crippen molar-refractivity contribution in [1.82, 2.24) is 4.98 Å². The van der Waals surface area contributed by atoms with Crippen LogP contribution in [0, 0.1) is 11.3 Å². The largest absolute Gasteiger partial charge is 0.435 e. The number of pyridine rings is 1. The highest BCUT2D eigenvalue weighted by molar-refractivity contribution is 5.42. The van der Waals surface area contributed by atoms with Gasteiger partial charge in [0.25, 0.3) is 0 Å². The monoisotopic (exact) mass is 289 g/mol. The first-order chi connectivity index (χ1) is 10.1. The fourth-order valence-corrected chi connectivity index (χ4v) is 1.79. The van der Waals surface area contributed by atoms with Gasteiger partial charge in [-0.25, -0.2) is 4.98 Å². The second-order valence-electron chi connectivity index (χ2n) is 4.36.